The first-order chi connectivity index (χ1) is 31.8. The van der Waals surface area contributed by atoms with E-state index in [0.717, 1.165) is 11.2 Å². The average Bonchev–Trinajstić information content (AvgIpc) is 4.10. The second-order valence-electron chi connectivity index (χ2n) is 17.0. The van der Waals surface area contributed by atoms with Gasteiger partial charge < -0.3 is 64.4 Å². The summed E-state index contributed by atoms with van der Waals surface area (Å²) in [5.74, 6) is -11.1. The normalized spacial score (nSPS) is 15.3. The summed E-state index contributed by atoms with van der Waals surface area (Å²) in [6.45, 7) is 5.41. The lowest BCUT2D eigenvalue weighted by atomic mass is 9.96. The smallest absolute Gasteiger partial charge is 0.245 e. The molecular formula is C42H65N11O14S. The van der Waals surface area contributed by atoms with Gasteiger partial charge in [-0.1, -0.05) is 46.2 Å². The molecule has 0 unspecified atom stereocenters. The summed E-state index contributed by atoms with van der Waals surface area (Å²) in [5.41, 5.74) is 16.5. The first-order valence-electron chi connectivity index (χ1n) is 21.9. The zero-order valence-electron chi connectivity index (χ0n) is 38.7. The molecule has 0 bridgehead atoms. The van der Waals surface area contributed by atoms with E-state index in [4.69, 9.17) is 17.2 Å². The number of carbonyl (C=O) groups is 11. The number of phenolic OH excluding ortho intramolecular Hbond substituents is 1. The van der Waals surface area contributed by atoms with Crippen molar-refractivity contribution in [1.82, 2.24) is 42.1 Å². The zero-order chi connectivity index (χ0) is 51.5. The fourth-order valence-electron chi connectivity index (χ4n) is 6.66. The number of nitrogens with one attached hydrogen (secondary N) is 7. The largest absolute Gasteiger partial charge is 0.508 e. The number of nitrogens with zero attached hydrogens (tertiary/aromatic N) is 1. The summed E-state index contributed by atoms with van der Waals surface area (Å²) in [4.78, 5) is 143. The van der Waals surface area contributed by atoms with Crippen LogP contribution in [-0.2, 0) is 69.0 Å². The van der Waals surface area contributed by atoms with Crippen LogP contribution in [0.4, 0.5) is 0 Å². The van der Waals surface area contributed by atoms with Crippen LogP contribution in [0.3, 0.4) is 0 Å². The SMILES string of the molecule is CC[C@H](C)[C@H](NC(=O)[C@H](Cc1ccc(O)cc1)NC=O)C(=O)N[C@@H](CCC(N)=O)C(=O)N[C@@H](CC(N)=O)C(=O)N[C@@H](CCS(C)(=O)=O)C(=O)N(CC(=O)N[C@H](C(=O)NCC(N)=O)C(C)C)C1CC1. The number of phenols is 1. The van der Waals surface area contributed by atoms with Gasteiger partial charge in [-0.2, -0.15) is 0 Å². The predicted molar refractivity (Wildman–Crippen MR) is 242 cm³/mol. The van der Waals surface area contributed by atoms with Crippen molar-refractivity contribution in [2.75, 3.05) is 25.1 Å². The summed E-state index contributed by atoms with van der Waals surface area (Å²) in [5, 5.41) is 26.5. The number of hydrogen-bond acceptors (Lipinski definition) is 14. The number of sulfone groups is 1. The van der Waals surface area contributed by atoms with E-state index < -0.39 is 168 Å². The minimum absolute atomic E-state index is 0.0342. The third-order valence-corrected chi connectivity index (χ3v) is 11.8. The van der Waals surface area contributed by atoms with E-state index in [0.29, 0.717) is 31.2 Å². The molecule has 68 heavy (non-hydrogen) atoms. The van der Waals surface area contributed by atoms with E-state index in [9.17, 15) is 66.3 Å². The number of primary amides is 3. The molecule has 11 amide bonds. The molecule has 1 aliphatic carbocycles. The number of aromatic hydroxyl groups is 1. The summed E-state index contributed by atoms with van der Waals surface area (Å²) in [6.07, 6.45) is -0.0529. The Morgan fingerprint density at radius 2 is 1.31 bits per heavy atom. The van der Waals surface area contributed by atoms with Crippen LogP contribution < -0.4 is 54.4 Å². The minimum atomic E-state index is -3.78. The Labute approximate surface area is 393 Å². The Balaban J connectivity index is 2.40. The quantitative estimate of drug-likeness (QED) is 0.0312. The van der Waals surface area contributed by atoms with Gasteiger partial charge in [0.1, 0.15) is 51.8 Å². The van der Waals surface area contributed by atoms with E-state index in [1.54, 1.807) is 27.7 Å². The van der Waals surface area contributed by atoms with Crippen molar-refractivity contribution < 1.29 is 66.3 Å². The summed E-state index contributed by atoms with van der Waals surface area (Å²) in [6, 6.07) is -3.60. The fourth-order valence-corrected chi connectivity index (χ4v) is 7.32. The highest BCUT2D eigenvalue weighted by Crippen LogP contribution is 2.28. The highest BCUT2D eigenvalue weighted by molar-refractivity contribution is 7.90. The molecule has 1 saturated carbocycles. The van der Waals surface area contributed by atoms with Gasteiger partial charge in [0, 0.05) is 25.1 Å². The van der Waals surface area contributed by atoms with Crippen LogP contribution in [-0.4, -0.2) is 151 Å². The number of carbonyl (C=O) groups excluding carboxylic acids is 11. The second kappa shape index (κ2) is 27.1. The molecule has 0 radical (unpaired) electrons. The van der Waals surface area contributed by atoms with Crippen LogP contribution in [0.2, 0.25) is 0 Å². The molecular weight excluding hydrogens is 915 g/mol. The van der Waals surface area contributed by atoms with E-state index in [-0.39, 0.29) is 12.2 Å². The molecule has 1 aromatic rings. The van der Waals surface area contributed by atoms with Crippen LogP contribution >= 0.6 is 0 Å². The molecule has 0 heterocycles. The molecule has 14 N–H and O–H groups in total. The van der Waals surface area contributed by atoms with Crippen LogP contribution in [0.15, 0.2) is 24.3 Å². The standard InChI is InChI=1S/C42H65N11O14S/c1-6-23(4)36(52-38(61)29(47-21-54)17-24-7-11-26(55)12-8-24)41(64)48-27(13-14-31(43)56)37(60)50-30(18-32(44)57)39(62)49-28(15-16-68(5,66)67)42(65)53(25-9-10-25)20-34(59)51-35(22(2)3)40(63)46-19-33(45)58/h7-8,11-12,21-23,25,27-30,35-36,55H,6,9-10,13-20H2,1-5H3,(H2,43,56)(H2,44,57)(H2,45,58)(H,46,63)(H,47,54)(H,48,64)(H,49,62)(H,50,60)(H,51,59)(H,52,61)/t23-,27-,28-,29-,30-,35-,36-/m0/s1. The van der Waals surface area contributed by atoms with Crippen molar-refractivity contribution in [3.05, 3.63) is 29.8 Å². The Hall–Kier alpha value is -6.86. The van der Waals surface area contributed by atoms with Crippen molar-refractivity contribution in [3.63, 3.8) is 0 Å². The molecule has 378 valence electrons. The van der Waals surface area contributed by atoms with Gasteiger partial charge in [0.15, 0.2) is 0 Å². The van der Waals surface area contributed by atoms with Crippen LogP contribution in [0, 0.1) is 11.8 Å². The third-order valence-electron chi connectivity index (χ3n) is 10.8. The van der Waals surface area contributed by atoms with E-state index in [1.807, 2.05) is 0 Å². The lowest BCUT2D eigenvalue weighted by molar-refractivity contribution is -0.141. The Morgan fingerprint density at radius 1 is 0.735 bits per heavy atom. The van der Waals surface area contributed by atoms with Gasteiger partial charge >= 0.3 is 0 Å². The van der Waals surface area contributed by atoms with Crippen molar-refractivity contribution in [2.24, 2.45) is 29.0 Å². The first kappa shape index (κ1) is 57.3. The van der Waals surface area contributed by atoms with Crippen molar-refractivity contribution in [1.29, 1.82) is 0 Å². The maximum atomic E-state index is 14.2. The molecule has 25 nitrogen and oxygen atoms in total. The Bertz CT molecular complexity index is 2120. The van der Waals surface area contributed by atoms with E-state index in [2.05, 4.69) is 37.2 Å². The van der Waals surface area contributed by atoms with Crippen LogP contribution in [0.25, 0.3) is 0 Å². The molecule has 7 atom stereocenters. The van der Waals surface area contributed by atoms with Gasteiger partial charge in [0.05, 0.1) is 25.3 Å². The molecule has 1 aliphatic rings. The summed E-state index contributed by atoms with van der Waals surface area (Å²) in [7, 11) is -3.78. The van der Waals surface area contributed by atoms with Gasteiger partial charge in [0.25, 0.3) is 0 Å². The molecule has 26 heteroatoms. The highest BCUT2D eigenvalue weighted by atomic mass is 32.2. The predicted octanol–water partition coefficient (Wildman–Crippen LogP) is -4.66. The number of amides is 11. The molecule has 0 saturated heterocycles. The van der Waals surface area contributed by atoms with Gasteiger partial charge in [-0.25, -0.2) is 8.42 Å². The van der Waals surface area contributed by atoms with Gasteiger partial charge in [-0.3, -0.25) is 52.7 Å². The Kier molecular flexibility index (Phi) is 22.8. The number of benzene rings is 1. The third kappa shape index (κ3) is 20.3. The van der Waals surface area contributed by atoms with E-state index >= 15 is 0 Å². The van der Waals surface area contributed by atoms with Gasteiger partial charge in [-0.05, 0) is 55.2 Å². The topological polar surface area (TPSA) is 408 Å². The Morgan fingerprint density at radius 3 is 1.82 bits per heavy atom. The summed E-state index contributed by atoms with van der Waals surface area (Å²) < 4.78 is 24.6. The lowest BCUT2D eigenvalue weighted by Gasteiger charge is -2.30. The molecule has 0 spiro atoms. The van der Waals surface area contributed by atoms with E-state index in [1.165, 1.54) is 24.3 Å². The van der Waals surface area contributed by atoms with Crippen LogP contribution in [0.5, 0.6) is 5.75 Å². The maximum absolute atomic E-state index is 14.2. The summed E-state index contributed by atoms with van der Waals surface area (Å²) >= 11 is 0. The monoisotopic (exact) mass is 979 g/mol. The highest BCUT2D eigenvalue weighted by Gasteiger charge is 2.40. The number of hydrogen-bond donors (Lipinski definition) is 11. The minimum Gasteiger partial charge on any atom is -0.508 e. The molecule has 0 aliphatic heterocycles. The van der Waals surface area contributed by atoms with Gasteiger partial charge in [0.2, 0.25) is 65.5 Å². The average molecular weight is 980 g/mol. The number of rotatable bonds is 31. The molecule has 1 fully saturated rings. The molecule has 0 aromatic heterocycles. The van der Waals surface area contributed by atoms with Crippen molar-refractivity contribution in [2.45, 2.75) is 121 Å². The van der Waals surface area contributed by atoms with Crippen LogP contribution in [0.1, 0.15) is 78.2 Å². The second-order valence-corrected chi connectivity index (χ2v) is 19.3. The van der Waals surface area contributed by atoms with Crippen molar-refractivity contribution >= 4 is 75.3 Å². The maximum Gasteiger partial charge on any atom is 0.245 e. The van der Waals surface area contributed by atoms with Crippen molar-refractivity contribution in [3.8, 4) is 5.75 Å². The molecule has 1 aromatic carbocycles. The fraction of sp³-hybridized carbons (Fsp3) is 0.595. The zero-order valence-corrected chi connectivity index (χ0v) is 39.5. The van der Waals surface area contributed by atoms with Gasteiger partial charge in [-0.15, -0.1) is 0 Å². The molecule has 2 rings (SSSR count). The number of nitrogens with two attached hydrogens (primary N) is 3. The lowest BCUT2D eigenvalue weighted by Crippen LogP contribution is -2.61. The first-order valence-corrected chi connectivity index (χ1v) is 23.9.